The van der Waals surface area contributed by atoms with Crippen molar-refractivity contribution in [2.75, 3.05) is 13.1 Å². The van der Waals surface area contributed by atoms with E-state index < -0.39 is 10.0 Å². The Morgan fingerprint density at radius 3 is 2.24 bits per heavy atom. The molecular formula is C21H32N4O6S2. The average molecular weight is 501 g/mol. The molecule has 1 fully saturated rings. The Hall–Kier alpha value is -2.28. The molecule has 0 bridgehead atoms. The van der Waals surface area contributed by atoms with Crippen molar-refractivity contribution >= 4 is 34.3 Å². The normalized spacial score (nSPS) is 16.4. The van der Waals surface area contributed by atoms with E-state index in [2.05, 4.69) is 18.7 Å². The minimum atomic E-state index is -3.46. The lowest BCUT2D eigenvalue weighted by Crippen LogP contribution is -2.30. The Morgan fingerprint density at radius 2 is 1.73 bits per heavy atom. The van der Waals surface area contributed by atoms with Gasteiger partial charge in [-0.25, -0.2) is 8.42 Å². The average Bonchev–Trinajstić information content (AvgIpc) is 3.46. The van der Waals surface area contributed by atoms with E-state index in [-0.39, 0.29) is 19.0 Å². The van der Waals surface area contributed by atoms with Crippen LogP contribution in [0.5, 0.6) is 0 Å². The van der Waals surface area contributed by atoms with Crippen molar-refractivity contribution in [3.8, 4) is 0 Å². The van der Waals surface area contributed by atoms with Crippen LogP contribution in [0.25, 0.3) is 0 Å². The second-order valence-corrected chi connectivity index (χ2v) is 11.2. The third kappa shape index (κ3) is 6.40. The van der Waals surface area contributed by atoms with Gasteiger partial charge >= 0.3 is 0 Å². The van der Waals surface area contributed by atoms with Crippen molar-refractivity contribution in [1.82, 2.24) is 19.0 Å². The van der Waals surface area contributed by atoms with Gasteiger partial charge in [0.1, 0.15) is 4.21 Å². The molecule has 0 radical (unpaired) electrons. The van der Waals surface area contributed by atoms with Crippen molar-refractivity contribution < 1.29 is 28.2 Å². The first-order valence-corrected chi connectivity index (χ1v) is 13.0. The predicted octanol–water partition coefficient (Wildman–Crippen LogP) is 2.93. The molecular weight excluding hydrogens is 468 g/mol. The van der Waals surface area contributed by atoms with E-state index in [4.69, 9.17) is 24.9 Å². The summed E-state index contributed by atoms with van der Waals surface area (Å²) >= 11 is 1.31. The first kappa shape index (κ1) is 27.0. The fourth-order valence-electron chi connectivity index (χ4n) is 4.10. The van der Waals surface area contributed by atoms with Gasteiger partial charge in [-0.15, -0.1) is 11.3 Å². The third-order valence-corrected chi connectivity index (χ3v) is 9.02. The van der Waals surface area contributed by atoms with Gasteiger partial charge in [-0.05, 0) is 63.7 Å². The molecule has 0 spiro atoms. The van der Waals surface area contributed by atoms with Crippen LogP contribution in [0.2, 0.25) is 0 Å². The van der Waals surface area contributed by atoms with E-state index in [1.54, 1.807) is 4.31 Å². The molecule has 2 aliphatic rings. The van der Waals surface area contributed by atoms with Crippen LogP contribution in [0.15, 0.2) is 15.7 Å². The number of rotatable bonds is 5. The van der Waals surface area contributed by atoms with Crippen LogP contribution in [0, 0.1) is 6.92 Å². The van der Waals surface area contributed by atoms with Gasteiger partial charge in [0.05, 0.1) is 17.9 Å². The SMILES string of the molecule is Cc1ccsc1S(=O)(=O)N1Cc2c(CN3CCCCC3)nn(C(C)C)c2C1.O=CO.O=CO. The molecule has 184 valence electrons. The number of likely N-dealkylation sites (tertiary alicyclic amines) is 1. The highest BCUT2D eigenvalue weighted by Crippen LogP contribution is 2.35. The minimum absolute atomic E-state index is 0.222. The molecule has 4 rings (SSSR count). The van der Waals surface area contributed by atoms with Gasteiger partial charge in [-0.3, -0.25) is 19.2 Å². The Morgan fingerprint density at radius 1 is 1.12 bits per heavy atom. The maximum atomic E-state index is 13.2. The smallest absolute Gasteiger partial charge is 0.290 e. The van der Waals surface area contributed by atoms with Crippen LogP contribution in [0.3, 0.4) is 0 Å². The summed E-state index contributed by atoms with van der Waals surface area (Å²) in [6, 6.07) is 2.10. The highest BCUT2D eigenvalue weighted by Gasteiger charge is 2.37. The number of thiophene rings is 1. The fourth-order valence-corrected chi connectivity index (χ4v) is 7.02. The maximum absolute atomic E-state index is 13.2. The molecule has 2 aromatic heterocycles. The Balaban J connectivity index is 0.000000582. The number of nitrogens with zero attached hydrogens (tertiary/aromatic N) is 4. The van der Waals surface area contributed by atoms with Crippen LogP contribution in [-0.2, 0) is 39.2 Å². The highest BCUT2D eigenvalue weighted by atomic mass is 32.2. The number of fused-ring (bicyclic) bond motifs is 1. The minimum Gasteiger partial charge on any atom is -0.483 e. The number of hydrogen-bond acceptors (Lipinski definition) is 7. The number of aryl methyl sites for hydroxylation is 1. The van der Waals surface area contributed by atoms with Gasteiger partial charge in [-0.1, -0.05) is 6.42 Å². The third-order valence-electron chi connectivity index (χ3n) is 5.56. The zero-order valence-corrected chi connectivity index (χ0v) is 20.8. The molecule has 33 heavy (non-hydrogen) atoms. The van der Waals surface area contributed by atoms with E-state index in [1.165, 1.54) is 30.6 Å². The Bertz CT molecular complexity index is 1020. The zero-order chi connectivity index (χ0) is 24.6. The first-order chi connectivity index (χ1) is 15.7. The number of hydrogen-bond donors (Lipinski definition) is 2. The van der Waals surface area contributed by atoms with E-state index >= 15 is 0 Å². The lowest BCUT2D eigenvalue weighted by atomic mass is 10.1. The van der Waals surface area contributed by atoms with Crippen LogP contribution in [-0.4, -0.2) is 63.7 Å². The van der Waals surface area contributed by atoms with E-state index in [1.807, 2.05) is 23.1 Å². The van der Waals surface area contributed by atoms with E-state index in [0.717, 1.165) is 42.1 Å². The molecule has 0 unspecified atom stereocenters. The molecule has 0 atom stereocenters. The summed E-state index contributed by atoms with van der Waals surface area (Å²) < 4.78 is 30.4. The van der Waals surface area contributed by atoms with E-state index in [9.17, 15) is 8.42 Å². The number of carboxylic acid groups (broad SMARTS) is 2. The largest absolute Gasteiger partial charge is 0.483 e. The van der Waals surface area contributed by atoms with Crippen LogP contribution >= 0.6 is 11.3 Å². The van der Waals surface area contributed by atoms with Gasteiger partial charge in [0.2, 0.25) is 0 Å². The maximum Gasteiger partial charge on any atom is 0.290 e. The number of sulfonamides is 1. The fraction of sp³-hybridized carbons (Fsp3) is 0.571. The molecule has 2 aliphatic heterocycles. The second kappa shape index (κ2) is 12.3. The lowest BCUT2D eigenvalue weighted by molar-refractivity contribution is -0.123. The van der Waals surface area contributed by atoms with Gasteiger partial charge < -0.3 is 10.2 Å². The first-order valence-electron chi connectivity index (χ1n) is 10.7. The van der Waals surface area contributed by atoms with Crippen molar-refractivity contribution in [2.24, 2.45) is 0 Å². The number of aromatic nitrogens is 2. The summed E-state index contributed by atoms with van der Waals surface area (Å²) in [6.07, 6.45) is 3.79. The molecule has 0 amide bonds. The summed E-state index contributed by atoms with van der Waals surface area (Å²) in [4.78, 5) is 19.2. The molecule has 4 heterocycles. The van der Waals surface area contributed by atoms with Crippen molar-refractivity contribution in [2.45, 2.75) is 69.9 Å². The quantitative estimate of drug-likeness (QED) is 0.599. The lowest BCUT2D eigenvalue weighted by Gasteiger charge is -2.26. The van der Waals surface area contributed by atoms with Gasteiger partial charge in [-0.2, -0.15) is 9.40 Å². The van der Waals surface area contributed by atoms with Crippen LogP contribution in [0.4, 0.5) is 0 Å². The van der Waals surface area contributed by atoms with Gasteiger partial charge in [0.15, 0.2) is 0 Å². The van der Waals surface area contributed by atoms with Gasteiger partial charge in [0.25, 0.3) is 23.0 Å². The molecule has 0 aromatic carbocycles. The summed E-state index contributed by atoms with van der Waals surface area (Å²) in [5, 5.41) is 20.5. The van der Waals surface area contributed by atoms with Crippen molar-refractivity contribution in [3.05, 3.63) is 34.0 Å². The summed E-state index contributed by atoms with van der Waals surface area (Å²) in [5.74, 6) is 0. The molecule has 10 nitrogen and oxygen atoms in total. The number of piperidine rings is 1. The second-order valence-electron chi connectivity index (χ2n) is 8.12. The summed E-state index contributed by atoms with van der Waals surface area (Å²) in [6.45, 7) is 9.49. The van der Waals surface area contributed by atoms with E-state index in [0.29, 0.717) is 17.3 Å². The molecule has 2 N–H and O–H groups in total. The molecule has 2 aromatic rings. The molecule has 0 saturated carbocycles. The molecule has 0 aliphatic carbocycles. The Labute approximate surface area is 198 Å². The number of carbonyl (C=O) groups is 2. The van der Waals surface area contributed by atoms with Crippen molar-refractivity contribution in [3.63, 3.8) is 0 Å². The highest BCUT2D eigenvalue weighted by molar-refractivity contribution is 7.91. The van der Waals surface area contributed by atoms with Crippen molar-refractivity contribution in [1.29, 1.82) is 0 Å². The monoisotopic (exact) mass is 500 g/mol. The van der Waals surface area contributed by atoms with Gasteiger partial charge in [0, 0.05) is 24.7 Å². The predicted molar refractivity (Wildman–Crippen MR) is 125 cm³/mol. The molecule has 12 heteroatoms. The Kier molecular flexibility index (Phi) is 10.0. The molecule has 1 saturated heterocycles. The summed E-state index contributed by atoms with van der Waals surface area (Å²) in [5.41, 5.74) is 4.07. The van der Waals surface area contributed by atoms with Crippen LogP contribution in [0.1, 0.15) is 61.7 Å². The summed E-state index contributed by atoms with van der Waals surface area (Å²) in [7, 11) is -3.46. The standard InChI is InChI=1S/C19H28N4O2S2.2CH2O2/c1-14(2)23-18-13-22(27(24,25)19-15(3)7-10-26-19)11-16(18)17(20-23)12-21-8-5-4-6-9-21;2*2-1-3/h7,10,14H,4-6,8-9,11-13H2,1-3H3;2*1H,(H,2,3). The topological polar surface area (TPSA) is 133 Å². The zero-order valence-electron chi connectivity index (χ0n) is 19.2. The van der Waals surface area contributed by atoms with Crippen LogP contribution < -0.4 is 0 Å².